The number of alkyl halides is 3. The number of carbonyl (C=O) groups is 1. The fourth-order valence-electron chi connectivity index (χ4n) is 3.23. The summed E-state index contributed by atoms with van der Waals surface area (Å²) < 4.78 is 37.9. The van der Waals surface area contributed by atoms with Crippen LogP contribution in [0.1, 0.15) is 19.4 Å². The smallest absolute Gasteiger partial charge is 0.426 e. The SMILES string of the molecule is CC1(C)[C@H](C=C(Cl)C(F)(F)F)[C@@]1(Cc1ccccc1)C(=O)O. The lowest BCUT2D eigenvalue weighted by molar-refractivity contribution is -0.145. The van der Waals surface area contributed by atoms with Crippen molar-refractivity contribution in [1.29, 1.82) is 0 Å². The molecular weight excluding hydrogens is 317 g/mol. The molecule has 0 bridgehead atoms. The Bertz CT molecular complexity index is 608. The Balaban J connectivity index is 2.38. The second-order valence-electron chi connectivity index (χ2n) is 6.15. The molecule has 0 aromatic heterocycles. The number of carboxylic acid groups (broad SMARTS) is 1. The van der Waals surface area contributed by atoms with E-state index in [1.165, 1.54) is 0 Å². The average molecular weight is 333 g/mol. The van der Waals surface area contributed by atoms with Crippen LogP contribution in [0.3, 0.4) is 0 Å². The maximum Gasteiger partial charge on any atom is 0.426 e. The van der Waals surface area contributed by atoms with Gasteiger partial charge in [-0.05, 0) is 17.4 Å². The molecule has 1 fully saturated rings. The van der Waals surface area contributed by atoms with E-state index in [-0.39, 0.29) is 6.42 Å². The van der Waals surface area contributed by atoms with Crippen LogP contribution in [-0.4, -0.2) is 17.3 Å². The molecule has 1 aromatic rings. The average Bonchev–Trinajstić information content (AvgIpc) is 2.86. The van der Waals surface area contributed by atoms with E-state index in [4.69, 9.17) is 11.6 Å². The third kappa shape index (κ3) is 2.62. The molecule has 2 nitrogen and oxygen atoms in total. The van der Waals surface area contributed by atoms with Gasteiger partial charge in [-0.3, -0.25) is 4.79 Å². The molecule has 22 heavy (non-hydrogen) atoms. The highest BCUT2D eigenvalue weighted by molar-refractivity contribution is 6.30. The fraction of sp³-hybridized carbons (Fsp3) is 0.438. The zero-order valence-corrected chi connectivity index (χ0v) is 12.9. The van der Waals surface area contributed by atoms with Crippen molar-refractivity contribution in [3.05, 3.63) is 47.0 Å². The molecule has 0 spiro atoms. The van der Waals surface area contributed by atoms with Crippen LogP contribution in [0.2, 0.25) is 0 Å². The van der Waals surface area contributed by atoms with Gasteiger partial charge in [-0.1, -0.05) is 61.9 Å². The molecule has 0 heterocycles. The van der Waals surface area contributed by atoms with E-state index in [0.29, 0.717) is 0 Å². The lowest BCUT2D eigenvalue weighted by Gasteiger charge is -2.15. The van der Waals surface area contributed by atoms with E-state index in [2.05, 4.69) is 0 Å². The topological polar surface area (TPSA) is 37.3 Å². The van der Waals surface area contributed by atoms with Gasteiger partial charge >= 0.3 is 12.1 Å². The van der Waals surface area contributed by atoms with E-state index < -0.39 is 33.9 Å². The quantitative estimate of drug-likeness (QED) is 0.872. The Morgan fingerprint density at radius 1 is 1.32 bits per heavy atom. The molecule has 1 saturated carbocycles. The van der Waals surface area contributed by atoms with E-state index >= 15 is 0 Å². The third-order valence-electron chi connectivity index (χ3n) is 4.67. The molecule has 2 atom stereocenters. The van der Waals surface area contributed by atoms with Gasteiger partial charge in [-0.25, -0.2) is 0 Å². The van der Waals surface area contributed by atoms with E-state index in [1.807, 2.05) is 0 Å². The summed E-state index contributed by atoms with van der Waals surface area (Å²) >= 11 is 5.30. The van der Waals surface area contributed by atoms with Crippen molar-refractivity contribution in [1.82, 2.24) is 0 Å². The van der Waals surface area contributed by atoms with Gasteiger partial charge in [0.05, 0.1) is 5.41 Å². The van der Waals surface area contributed by atoms with Crippen LogP contribution in [0.5, 0.6) is 0 Å². The summed E-state index contributed by atoms with van der Waals surface area (Å²) in [5.74, 6) is -1.87. The molecule has 1 N–H and O–H groups in total. The second kappa shape index (κ2) is 5.30. The van der Waals surface area contributed by atoms with E-state index in [0.717, 1.165) is 11.6 Å². The van der Waals surface area contributed by atoms with E-state index in [1.54, 1.807) is 44.2 Å². The van der Waals surface area contributed by atoms with Crippen molar-refractivity contribution in [2.75, 3.05) is 0 Å². The molecule has 0 radical (unpaired) electrons. The number of hydrogen-bond acceptors (Lipinski definition) is 1. The van der Waals surface area contributed by atoms with Gasteiger partial charge in [-0.2, -0.15) is 13.2 Å². The number of rotatable bonds is 4. The molecule has 0 amide bonds. The number of hydrogen-bond donors (Lipinski definition) is 1. The van der Waals surface area contributed by atoms with Crippen LogP contribution in [-0.2, 0) is 11.2 Å². The Morgan fingerprint density at radius 3 is 2.32 bits per heavy atom. The highest BCUT2D eigenvalue weighted by Crippen LogP contribution is 2.71. The summed E-state index contributed by atoms with van der Waals surface area (Å²) in [7, 11) is 0. The summed E-state index contributed by atoms with van der Waals surface area (Å²) in [6.07, 6.45) is -3.64. The molecular formula is C16H16ClF3O2. The van der Waals surface area contributed by atoms with Crippen molar-refractivity contribution in [2.45, 2.75) is 26.4 Å². The molecule has 0 saturated heterocycles. The van der Waals surface area contributed by atoms with Crippen LogP contribution < -0.4 is 0 Å². The minimum absolute atomic E-state index is 0.166. The molecule has 0 aliphatic heterocycles. The maximum atomic E-state index is 12.6. The molecule has 120 valence electrons. The van der Waals surface area contributed by atoms with Gasteiger partial charge < -0.3 is 5.11 Å². The number of halogens is 4. The first kappa shape index (κ1) is 16.9. The van der Waals surface area contributed by atoms with Crippen LogP contribution in [0.25, 0.3) is 0 Å². The van der Waals surface area contributed by atoms with E-state index in [9.17, 15) is 23.1 Å². The molecule has 2 rings (SSSR count). The first-order chi connectivity index (χ1) is 10.0. The molecule has 6 heteroatoms. The van der Waals surface area contributed by atoms with Crippen LogP contribution in [0.15, 0.2) is 41.4 Å². The fourth-order valence-corrected chi connectivity index (χ4v) is 3.35. The zero-order chi connectivity index (χ0) is 16.8. The van der Waals surface area contributed by atoms with Crippen LogP contribution >= 0.6 is 11.6 Å². The summed E-state index contributed by atoms with van der Waals surface area (Å²) in [5.41, 5.74) is -1.31. The molecule has 1 aromatic carbocycles. The predicted octanol–water partition coefficient (Wildman–Crippen LogP) is 4.64. The van der Waals surface area contributed by atoms with Gasteiger partial charge in [0.1, 0.15) is 5.03 Å². The summed E-state index contributed by atoms with van der Waals surface area (Å²) in [4.78, 5) is 11.8. The first-order valence-electron chi connectivity index (χ1n) is 6.75. The molecule has 1 aliphatic carbocycles. The summed E-state index contributed by atoms with van der Waals surface area (Å²) in [6, 6.07) is 8.88. The lowest BCUT2D eigenvalue weighted by atomic mass is 9.88. The largest absolute Gasteiger partial charge is 0.481 e. The number of benzene rings is 1. The van der Waals surface area contributed by atoms with Gasteiger partial charge in [-0.15, -0.1) is 0 Å². The minimum atomic E-state index is -4.66. The van der Waals surface area contributed by atoms with Crippen molar-refractivity contribution in [3.8, 4) is 0 Å². The molecule has 0 unspecified atom stereocenters. The van der Waals surface area contributed by atoms with Crippen molar-refractivity contribution >= 4 is 17.6 Å². The normalized spacial score (nSPS) is 27.5. The van der Waals surface area contributed by atoms with Gasteiger partial charge in [0, 0.05) is 5.92 Å². The Kier molecular flexibility index (Phi) is 4.07. The highest BCUT2D eigenvalue weighted by atomic mass is 35.5. The van der Waals surface area contributed by atoms with Crippen molar-refractivity contribution in [3.63, 3.8) is 0 Å². The Labute approximate surface area is 131 Å². The standard InChI is InChI=1S/C16H16ClF3O2/c1-14(2)11(8-12(17)16(18,19)20)15(14,13(21)22)9-10-6-4-3-5-7-10/h3-8,11H,9H2,1-2H3,(H,21,22)/t11-,15-/m0/s1. The zero-order valence-electron chi connectivity index (χ0n) is 12.1. The van der Waals surface area contributed by atoms with Gasteiger partial charge in [0.25, 0.3) is 0 Å². The maximum absolute atomic E-state index is 12.6. The van der Waals surface area contributed by atoms with Crippen LogP contribution in [0.4, 0.5) is 13.2 Å². The summed E-state index contributed by atoms with van der Waals surface area (Å²) in [5, 5.41) is 8.37. The van der Waals surface area contributed by atoms with Gasteiger partial charge in [0.15, 0.2) is 0 Å². The van der Waals surface area contributed by atoms with Crippen LogP contribution in [0, 0.1) is 16.7 Å². The summed E-state index contributed by atoms with van der Waals surface area (Å²) in [6.45, 7) is 3.32. The number of aliphatic carboxylic acids is 1. The third-order valence-corrected chi connectivity index (χ3v) is 5.01. The Hall–Kier alpha value is -1.49. The van der Waals surface area contributed by atoms with Gasteiger partial charge in [0.2, 0.25) is 0 Å². The molecule has 1 aliphatic rings. The predicted molar refractivity (Wildman–Crippen MR) is 77.5 cm³/mol. The second-order valence-corrected chi connectivity index (χ2v) is 6.56. The highest BCUT2D eigenvalue weighted by Gasteiger charge is 2.74. The Morgan fingerprint density at radius 2 is 1.86 bits per heavy atom. The monoisotopic (exact) mass is 332 g/mol. The van der Waals surface area contributed by atoms with Crippen molar-refractivity contribution < 1.29 is 23.1 Å². The lowest BCUT2D eigenvalue weighted by Crippen LogP contribution is -2.24. The number of allylic oxidation sites excluding steroid dienone is 2. The minimum Gasteiger partial charge on any atom is -0.481 e. The number of carboxylic acids is 1. The first-order valence-corrected chi connectivity index (χ1v) is 7.13. The van der Waals surface area contributed by atoms with Crippen molar-refractivity contribution in [2.24, 2.45) is 16.7 Å².